The number of hydrogen-bond donors (Lipinski definition) is 2. The second kappa shape index (κ2) is 9.59. The molecular weight excluding hydrogens is 358 g/mol. The molecule has 0 radical (unpaired) electrons. The molecule has 0 heterocycles. The number of anilines is 3. The van der Waals surface area contributed by atoms with Gasteiger partial charge in [0.05, 0.1) is 17.1 Å². The first-order valence-electron chi connectivity index (χ1n) is 8.59. The minimum Gasteiger partial charge on any atom is -0.485 e. The van der Waals surface area contributed by atoms with Crippen molar-refractivity contribution in [3.05, 3.63) is 12.1 Å². The molecule has 0 unspecified atom stereocenters. The van der Waals surface area contributed by atoms with Crippen molar-refractivity contribution >= 4 is 23.2 Å². The van der Waals surface area contributed by atoms with E-state index in [2.05, 4.69) is 5.32 Å². The minimum atomic E-state index is -2.65. The number of carbonyl (C=O) groups excluding carboxylic acids is 1. The Kier molecular flexibility index (Phi) is 8.08. The maximum atomic E-state index is 12.6. The van der Waals surface area contributed by atoms with Crippen LogP contribution in [0.2, 0.25) is 0 Å². The molecule has 0 fully saturated rings. The number of rotatable bonds is 8. The SMILES string of the molecule is CN(C)CCN(C)c1cc(OCC(F)F)c(NC(=O)OC(C)(C)C)cc1N. The molecule has 0 saturated carbocycles. The van der Waals surface area contributed by atoms with Gasteiger partial charge in [0.25, 0.3) is 6.43 Å². The lowest BCUT2D eigenvalue weighted by Crippen LogP contribution is -2.29. The molecule has 0 bridgehead atoms. The second-order valence-corrected chi connectivity index (χ2v) is 7.46. The molecular formula is C18H30F2N4O3. The number of nitrogen functional groups attached to an aromatic ring is 1. The number of benzene rings is 1. The number of carbonyl (C=O) groups is 1. The third-order valence-corrected chi connectivity index (χ3v) is 3.42. The summed E-state index contributed by atoms with van der Waals surface area (Å²) in [6, 6.07) is 3.02. The van der Waals surface area contributed by atoms with Gasteiger partial charge in [0.15, 0.2) is 0 Å². The normalized spacial score (nSPS) is 11.6. The van der Waals surface area contributed by atoms with Crippen LogP contribution in [0.3, 0.4) is 0 Å². The first-order valence-corrected chi connectivity index (χ1v) is 8.59. The summed E-state index contributed by atoms with van der Waals surface area (Å²) in [6.07, 6.45) is -3.37. The maximum absolute atomic E-state index is 12.6. The summed E-state index contributed by atoms with van der Waals surface area (Å²) in [7, 11) is 5.73. The van der Waals surface area contributed by atoms with E-state index in [1.807, 2.05) is 30.9 Å². The summed E-state index contributed by atoms with van der Waals surface area (Å²) in [5, 5.41) is 2.51. The maximum Gasteiger partial charge on any atom is 0.412 e. The number of alkyl halides is 2. The lowest BCUT2D eigenvalue weighted by Gasteiger charge is -2.25. The van der Waals surface area contributed by atoms with E-state index >= 15 is 0 Å². The number of ether oxygens (including phenoxy) is 2. The van der Waals surface area contributed by atoms with Gasteiger partial charge >= 0.3 is 6.09 Å². The quantitative estimate of drug-likeness (QED) is 0.666. The highest BCUT2D eigenvalue weighted by atomic mass is 19.3. The van der Waals surface area contributed by atoms with Gasteiger partial charge in [-0.3, -0.25) is 5.32 Å². The van der Waals surface area contributed by atoms with Crippen molar-refractivity contribution in [3.8, 4) is 5.75 Å². The minimum absolute atomic E-state index is 0.0991. The van der Waals surface area contributed by atoms with Crippen molar-refractivity contribution < 1.29 is 23.0 Å². The topological polar surface area (TPSA) is 80.1 Å². The highest BCUT2D eigenvalue weighted by Gasteiger charge is 2.20. The van der Waals surface area contributed by atoms with Crippen LogP contribution < -0.4 is 20.7 Å². The van der Waals surface area contributed by atoms with Crippen molar-refractivity contribution in [1.29, 1.82) is 0 Å². The van der Waals surface area contributed by atoms with E-state index in [0.29, 0.717) is 17.9 Å². The van der Waals surface area contributed by atoms with E-state index in [1.165, 1.54) is 6.07 Å². The van der Waals surface area contributed by atoms with Gasteiger partial charge in [0.2, 0.25) is 0 Å². The molecule has 0 atom stereocenters. The number of amides is 1. The van der Waals surface area contributed by atoms with E-state index in [4.69, 9.17) is 15.2 Å². The lowest BCUT2D eigenvalue weighted by molar-refractivity contribution is 0.0634. The van der Waals surface area contributed by atoms with Gasteiger partial charge in [-0.1, -0.05) is 0 Å². The van der Waals surface area contributed by atoms with E-state index in [9.17, 15) is 13.6 Å². The highest BCUT2D eigenvalue weighted by molar-refractivity contribution is 5.90. The summed E-state index contributed by atoms with van der Waals surface area (Å²) in [5.41, 5.74) is 6.58. The van der Waals surface area contributed by atoms with Crippen molar-refractivity contribution in [2.75, 3.05) is 56.8 Å². The molecule has 0 aliphatic heterocycles. The van der Waals surface area contributed by atoms with Crippen molar-refractivity contribution in [2.24, 2.45) is 0 Å². The second-order valence-electron chi connectivity index (χ2n) is 7.46. The Hall–Kier alpha value is -2.29. The molecule has 154 valence electrons. The summed E-state index contributed by atoms with van der Waals surface area (Å²) >= 11 is 0. The van der Waals surface area contributed by atoms with Gasteiger partial charge in [-0.15, -0.1) is 0 Å². The Labute approximate surface area is 159 Å². The van der Waals surface area contributed by atoms with Gasteiger partial charge in [0, 0.05) is 26.2 Å². The molecule has 0 aliphatic carbocycles. The molecule has 0 aliphatic rings. The smallest absolute Gasteiger partial charge is 0.412 e. The average molecular weight is 388 g/mol. The fraction of sp³-hybridized carbons (Fsp3) is 0.611. The highest BCUT2D eigenvalue weighted by Crippen LogP contribution is 2.35. The van der Waals surface area contributed by atoms with Crippen LogP contribution in [0.1, 0.15) is 20.8 Å². The first-order chi connectivity index (χ1) is 12.4. The zero-order valence-electron chi connectivity index (χ0n) is 16.8. The molecule has 1 aromatic carbocycles. The Morgan fingerprint density at radius 3 is 2.37 bits per heavy atom. The van der Waals surface area contributed by atoms with Crippen LogP contribution in [0.4, 0.5) is 30.6 Å². The molecule has 1 rings (SSSR count). The Bertz CT molecular complexity index is 634. The van der Waals surface area contributed by atoms with Crippen LogP contribution in [0, 0.1) is 0 Å². The molecule has 0 saturated heterocycles. The molecule has 3 N–H and O–H groups in total. The van der Waals surface area contributed by atoms with Crippen LogP contribution in [0.15, 0.2) is 12.1 Å². The molecule has 1 aromatic rings. The molecule has 27 heavy (non-hydrogen) atoms. The third kappa shape index (κ3) is 8.29. The van der Waals surface area contributed by atoms with Gasteiger partial charge in [-0.05, 0) is 40.9 Å². The summed E-state index contributed by atoms with van der Waals surface area (Å²) in [4.78, 5) is 15.9. The number of nitrogens with two attached hydrogens (primary N) is 1. The van der Waals surface area contributed by atoms with E-state index in [-0.39, 0.29) is 11.4 Å². The Balaban J connectivity index is 3.10. The Morgan fingerprint density at radius 2 is 1.85 bits per heavy atom. The number of halogens is 2. The summed E-state index contributed by atoms with van der Waals surface area (Å²) in [6.45, 7) is 5.81. The fourth-order valence-electron chi connectivity index (χ4n) is 2.17. The summed E-state index contributed by atoms with van der Waals surface area (Å²) < 4.78 is 35.6. The van der Waals surface area contributed by atoms with Gasteiger partial charge in [-0.25, -0.2) is 13.6 Å². The zero-order valence-corrected chi connectivity index (χ0v) is 16.8. The molecule has 0 spiro atoms. The van der Waals surface area contributed by atoms with Crippen LogP contribution in [-0.2, 0) is 4.74 Å². The monoisotopic (exact) mass is 388 g/mol. The first kappa shape index (κ1) is 22.8. The molecule has 9 heteroatoms. The third-order valence-electron chi connectivity index (χ3n) is 3.42. The van der Waals surface area contributed by atoms with Crippen LogP contribution >= 0.6 is 0 Å². The molecule has 0 aromatic heterocycles. The zero-order chi connectivity index (χ0) is 20.8. The van der Waals surface area contributed by atoms with E-state index < -0.39 is 24.7 Å². The Morgan fingerprint density at radius 1 is 1.22 bits per heavy atom. The van der Waals surface area contributed by atoms with E-state index in [0.717, 1.165) is 6.54 Å². The van der Waals surface area contributed by atoms with Gasteiger partial charge < -0.3 is 25.0 Å². The van der Waals surface area contributed by atoms with Gasteiger partial charge in [-0.2, -0.15) is 0 Å². The number of likely N-dealkylation sites (N-methyl/N-ethyl adjacent to an activating group) is 2. The predicted octanol–water partition coefficient (Wildman–Crippen LogP) is 3.26. The van der Waals surface area contributed by atoms with Crippen molar-refractivity contribution in [1.82, 2.24) is 4.90 Å². The molecule has 1 amide bonds. The lowest BCUT2D eigenvalue weighted by atomic mass is 10.2. The van der Waals surface area contributed by atoms with Crippen LogP contribution in [0.5, 0.6) is 5.75 Å². The van der Waals surface area contributed by atoms with Crippen LogP contribution in [0.25, 0.3) is 0 Å². The fourth-order valence-corrected chi connectivity index (χ4v) is 2.17. The molecule has 7 nitrogen and oxygen atoms in total. The largest absolute Gasteiger partial charge is 0.485 e. The standard InChI is InChI=1S/C18H30F2N4O3/c1-18(2,3)27-17(25)22-13-9-12(21)14(24(6)8-7-23(4)5)10-15(13)26-11-16(19)20/h9-10,16H,7-8,11,21H2,1-6H3,(H,22,25). The average Bonchev–Trinajstić information content (AvgIpc) is 2.49. The van der Waals surface area contributed by atoms with Crippen molar-refractivity contribution in [3.63, 3.8) is 0 Å². The number of nitrogens with zero attached hydrogens (tertiary/aromatic N) is 2. The number of hydrogen-bond acceptors (Lipinski definition) is 6. The number of nitrogens with one attached hydrogen (secondary N) is 1. The predicted molar refractivity (Wildman–Crippen MR) is 104 cm³/mol. The van der Waals surface area contributed by atoms with E-state index in [1.54, 1.807) is 26.8 Å². The summed E-state index contributed by atoms with van der Waals surface area (Å²) in [5.74, 6) is 0.0991. The van der Waals surface area contributed by atoms with Crippen molar-refractivity contribution in [2.45, 2.75) is 32.8 Å². The van der Waals surface area contributed by atoms with Crippen LogP contribution in [-0.4, -0.2) is 63.9 Å². The van der Waals surface area contributed by atoms with Gasteiger partial charge in [0.1, 0.15) is 18.0 Å².